The zero-order valence-corrected chi connectivity index (χ0v) is 14.8. The Hall–Kier alpha value is -2.01. The van der Waals surface area contributed by atoms with Gasteiger partial charge >= 0.3 is 0 Å². The van der Waals surface area contributed by atoms with Crippen molar-refractivity contribution in [2.24, 2.45) is 10.9 Å². The molecule has 4 nitrogen and oxygen atoms in total. The number of nitrogens with one attached hydrogen (secondary N) is 2. The summed E-state index contributed by atoms with van der Waals surface area (Å²) in [6.07, 6.45) is 0. The molecule has 0 unspecified atom stereocenters. The summed E-state index contributed by atoms with van der Waals surface area (Å²) in [7, 11) is 1.78. The van der Waals surface area contributed by atoms with Crippen molar-refractivity contribution in [2.45, 2.75) is 26.9 Å². The zero-order chi connectivity index (χ0) is 16.5. The van der Waals surface area contributed by atoms with Crippen LogP contribution in [0.4, 0.5) is 0 Å². The summed E-state index contributed by atoms with van der Waals surface area (Å²) in [4.78, 5) is 5.54. The highest BCUT2D eigenvalue weighted by Crippen LogP contribution is 2.14. The summed E-state index contributed by atoms with van der Waals surface area (Å²) in [5.74, 6) is 2.24. The standard InChI is InChI=1S/C18H25N3OS/c1-14(2)13-22-16-7-4-6-15(10-16)11-20-18(19-3)21-12-17-8-5-9-23-17/h4-10,14H,11-13H2,1-3H3,(H2,19,20,21). The van der Waals surface area contributed by atoms with Crippen LogP contribution in [0, 0.1) is 5.92 Å². The van der Waals surface area contributed by atoms with E-state index < -0.39 is 0 Å². The first-order valence-electron chi connectivity index (χ1n) is 7.86. The number of rotatable bonds is 7. The van der Waals surface area contributed by atoms with E-state index in [2.05, 4.69) is 59.1 Å². The minimum atomic E-state index is 0.525. The fourth-order valence-electron chi connectivity index (χ4n) is 2.00. The second kappa shape index (κ2) is 9.20. The Balaban J connectivity index is 1.82. The molecule has 0 atom stereocenters. The molecule has 0 aliphatic carbocycles. The van der Waals surface area contributed by atoms with Gasteiger partial charge < -0.3 is 15.4 Å². The van der Waals surface area contributed by atoms with Crippen LogP contribution in [0.5, 0.6) is 5.75 Å². The van der Waals surface area contributed by atoms with Crippen LogP contribution in [-0.2, 0) is 13.1 Å². The van der Waals surface area contributed by atoms with Gasteiger partial charge in [-0.3, -0.25) is 4.99 Å². The highest BCUT2D eigenvalue weighted by atomic mass is 32.1. The number of aliphatic imine (C=N–C) groups is 1. The molecular weight excluding hydrogens is 306 g/mol. The third-order valence-corrected chi connectivity index (χ3v) is 4.05. The van der Waals surface area contributed by atoms with E-state index in [0.717, 1.165) is 24.9 Å². The average Bonchev–Trinajstić information content (AvgIpc) is 3.07. The first-order valence-corrected chi connectivity index (χ1v) is 8.74. The molecule has 0 spiro atoms. The zero-order valence-electron chi connectivity index (χ0n) is 14.0. The Morgan fingerprint density at radius 1 is 1.17 bits per heavy atom. The summed E-state index contributed by atoms with van der Waals surface area (Å²) >= 11 is 1.74. The fraction of sp³-hybridized carbons (Fsp3) is 0.389. The van der Waals surface area contributed by atoms with Gasteiger partial charge in [0.15, 0.2) is 5.96 Å². The summed E-state index contributed by atoms with van der Waals surface area (Å²) in [5.41, 5.74) is 1.17. The van der Waals surface area contributed by atoms with E-state index in [0.29, 0.717) is 12.5 Å². The number of benzene rings is 1. The van der Waals surface area contributed by atoms with Crippen LogP contribution in [0.2, 0.25) is 0 Å². The quantitative estimate of drug-likeness (QED) is 0.601. The van der Waals surface area contributed by atoms with Crippen molar-refractivity contribution in [3.8, 4) is 5.75 Å². The van der Waals surface area contributed by atoms with E-state index in [-0.39, 0.29) is 0 Å². The summed E-state index contributed by atoms with van der Waals surface area (Å²) in [6, 6.07) is 12.3. The molecular formula is C18H25N3OS. The number of guanidine groups is 1. The Labute approximate surface area is 142 Å². The van der Waals surface area contributed by atoms with Crippen LogP contribution < -0.4 is 15.4 Å². The number of hydrogen-bond acceptors (Lipinski definition) is 3. The third-order valence-electron chi connectivity index (χ3n) is 3.18. The molecule has 0 bridgehead atoms. The van der Waals surface area contributed by atoms with Gasteiger partial charge in [-0.1, -0.05) is 32.0 Å². The first-order chi connectivity index (χ1) is 11.2. The predicted octanol–water partition coefficient (Wildman–Crippen LogP) is 3.65. The molecule has 0 aliphatic heterocycles. The summed E-state index contributed by atoms with van der Waals surface area (Å²) in [5, 5.41) is 8.72. The summed E-state index contributed by atoms with van der Waals surface area (Å²) in [6.45, 7) is 6.53. The van der Waals surface area contributed by atoms with E-state index in [1.807, 2.05) is 12.1 Å². The lowest BCUT2D eigenvalue weighted by Crippen LogP contribution is -2.36. The van der Waals surface area contributed by atoms with Gasteiger partial charge in [-0.25, -0.2) is 0 Å². The van der Waals surface area contributed by atoms with Gasteiger partial charge in [0.25, 0.3) is 0 Å². The molecule has 2 N–H and O–H groups in total. The second-order valence-corrected chi connectivity index (χ2v) is 6.74. The van der Waals surface area contributed by atoms with Gasteiger partial charge in [-0.2, -0.15) is 0 Å². The van der Waals surface area contributed by atoms with Crippen LogP contribution >= 0.6 is 11.3 Å². The molecule has 1 heterocycles. The van der Waals surface area contributed by atoms with Crippen LogP contribution in [0.25, 0.3) is 0 Å². The molecule has 0 radical (unpaired) electrons. The fourth-order valence-corrected chi connectivity index (χ4v) is 2.64. The normalized spacial score (nSPS) is 11.6. The van der Waals surface area contributed by atoms with Gasteiger partial charge in [-0.05, 0) is 35.1 Å². The minimum Gasteiger partial charge on any atom is -0.493 e. The maximum Gasteiger partial charge on any atom is 0.191 e. The van der Waals surface area contributed by atoms with Gasteiger partial charge in [0.05, 0.1) is 13.2 Å². The maximum absolute atomic E-state index is 5.77. The highest BCUT2D eigenvalue weighted by Gasteiger charge is 2.02. The Morgan fingerprint density at radius 2 is 2.00 bits per heavy atom. The van der Waals surface area contributed by atoms with Crippen molar-refractivity contribution >= 4 is 17.3 Å². The lowest BCUT2D eigenvalue weighted by Gasteiger charge is -2.13. The van der Waals surface area contributed by atoms with E-state index in [1.165, 1.54) is 10.4 Å². The third kappa shape index (κ3) is 6.32. The first kappa shape index (κ1) is 17.3. The number of thiophene rings is 1. The Bertz CT molecular complexity index is 608. The topological polar surface area (TPSA) is 45.7 Å². The monoisotopic (exact) mass is 331 g/mol. The lowest BCUT2D eigenvalue weighted by molar-refractivity contribution is 0.271. The largest absolute Gasteiger partial charge is 0.493 e. The van der Waals surface area contributed by atoms with Gasteiger partial charge in [-0.15, -0.1) is 11.3 Å². The van der Waals surface area contributed by atoms with Crippen LogP contribution in [-0.4, -0.2) is 19.6 Å². The number of ether oxygens (including phenoxy) is 1. The molecule has 2 rings (SSSR count). The number of nitrogens with zero attached hydrogens (tertiary/aromatic N) is 1. The van der Waals surface area contributed by atoms with Crippen molar-refractivity contribution in [3.05, 3.63) is 52.2 Å². The van der Waals surface area contributed by atoms with Crippen molar-refractivity contribution in [3.63, 3.8) is 0 Å². The van der Waals surface area contributed by atoms with Crippen molar-refractivity contribution in [2.75, 3.05) is 13.7 Å². The van der Waals surface area contributed by atoms with Gasteiger partial charge in [0, 0.05) is 18.5 Å². The Morgan fingerprint density at radius 3 is 2.70 bits per heavy atom. The summed E-state index contributed by atoms with van der Waals surface area (Å²) < 4.78 is 5.77. The molecule has 0 amide bonds. The molecule has 1 aromatic heterocycles. The molecule has 0 aliphatic rings. The number of hydrogen-bond donors (Lipinski definition) is 2. The average molecular weight is 331 g/mol. The molecule has 124 valence electrons. The van der Waals surface area contributed by atoms with Crippen LogP contribution in [0.15, 0.2) is 46.8 Å². The molecule has 0 saturated heterocycles. The Kier molecular flexibility index (Phi) is 6.94. The van der Waals surface area contributed by atoms with E-state index >= 15 is 0 Å². The molecule has 1 aromatic carbocycles. The van der Waals surface area contributed by atoms with E-state index in [9.17, 15) is 0 Å². The highest BCUT2D eigenvalue weighted by molar-refractivity contribution is 7.09. The van der Waals surface area contributed by atoms with E-state index in [4.69, 9.17) is 4.74 Å². The van der Waals surface area contributed by atoms with Crippen molar-refractivity contribution in [1.29, 1.82) is 0 Å². The van der Waals surface area contributed by atoms with Gasteiger partial charge in [0.1, 0.15) is 5.75 Å². The SMILES string of the molecule is CN=C(NCc1cccc(OCC(C)C)c1)NCc1cccs1. The van der Waals surface area contributed by atoms with Crippen molar-refractivity contribution < 1.29 is 4.74 Å². The van der Waals surface area contributed by atoms with Crippen LogP contribution in [0.3, 0.4) is 0 Å². The molecule has 0 fully saturated rings. The maximum atomic E-state index is 5.77. The smallest absolute Gasteiger partial charge is 0.191 e. The molecule has 23 heavy (non-hydrogen) atoms. The minimum absolute atomic E-state index is 0.525. The molecule has 5 heteroatoms. The van der Waals surface area contributed by atoms with Crippen LogP contribution in [0.1, 0.15) is 24.3 Å². The predicted molar refractivity (Wildman–Crippen MR) is 98.1 cm³/mol. The molecule has 2 aromatic rings. The van der Waals surface area contributed by atoms with E-state index in [1.54, 1.807) is 18.4 Å². The van der Waals surface area contributed by atoms with Gasteiger partial charge in [0.2, 0.25) is 0 Å². The molecule has 0 saturated carbocycles. The lowest BCUT2D eigenvalue weighted by atomic mass is 10.2. The van der Waals surface area contributed by atoms with Crippen molar-refractivity contribution in [1.82, 2.24) is 10.6 Å². The second-order valence-electron chi connectivity index (χ2n) is 5.71.